The van der Waals surface area contributed by atoms with Crippen LogP contribution < -0.4 is 4.90 Å². The van der Waals surface area contributed by atoms with Crippen molar-refractivity contribution in [1.29, 1.82) is 0 Å². The minimum atomic E-state index is -0.136. The largest absolute Gasteiger partial charge is 0.455 e. The Labute approximate surface area is 209 Å². The molecule has 0 atom stereocenters. The summed E-state index contributed by atoms with van der Waals surface area (Å²) < 4.78 is 5.88. The highest BCUT2D eigenvalue weighted by Crippen LogP contribution is 2.29. The zero-order valence-corrected chi connectivity index (χ0v) is 20.7. The van der Waals surface area contributed by atoms with Crippen molar-refractivity contribution in [2.45, 2.75) is 30.7 Å². The molecule has 0 saturated carbocycles. The number of hydrogen-bond acceptors (Lipinski definition) is 7. The van der Waals surface area contributed by atoms with Crippen LogP contribution in [0.5, 0.6) is 0 Å². The zero-order valence-electron chi connectivity index (χ0n) is 19.9. The Morgan fingerprint density at radius 1 is 0.914 bits per heavy atom. The molecule has 3 aromatic rings. The molecule has 182 valence electrons. The van der Waals surface area contributed by atoms with Crippen LogP contribution in [-0.4, -0.2) is 70.9 Å². The van der Waals surface area contributed by atoms with Crippen LogP contribution in [0.25, 0.3) is 11.3 Å². The number of anilines is 1. The third-order valence-electron chi connectivity index (χ3n) is 6.42. The van der Waals surface area contributed by atoms with Gasteiger partial charge in [-0.25, -0.2) is 9.97 Å². The minimum Gasteiger partial charge on any atom is -0.455 e. The Bertz CT molecular complexity index is 1180. The van der Waals surface area contributed by atoms with Crippen LogP contribution in [0.4, 0.5) is 5.82 Å². The molecular formula is C26H29N5O3S. The molecule has 2 amide bonds. The highest BCUT2D eigenvalue weighted by Gasteiger charge is 2.25. The van der Waals surface area contributed by atoms with E-state index in [1.807, 2.05) is 24.3 Å². The van der Waals surface area contributed by atoms with Crippen LogP contribution in [0.1, 0.15) is 36.1 Å². The minimum absolute atomic E-state index is 0.0425. The average Bonchev–Trinajstić information content (AvgIpc) is 3.60. The molecule has 8 nitrogen and oxygen atoms in total. The summed E-state index contributed by atoms with van der Waals surface area (Å²) in [5, 5.41) is 0.692. The van der Waals surface area contributed by atoms with E-state index >= 15 is 0 Å². The summed E-state index contributed by atoms with van der Waals surface area (Å²) in [6, 6.07) is 15.8. The van der Waals surface area contributed by atoms with E-state index in [1.165, 1.54) is 24.6 Å². The Balaban J connectivity index is 1.27. The highest BCUT2D eigenvalue weighted by molar-refractivity contribution is 7.98. The van der Waals surface area contributed by atoms with Crippen molar-refractivity contribution in [3.63, 3.8) is 0 Å². The van der Waals surface area contributed by atoms with Crippen LogP contribution in [-0.2, 0) is 10.5 Å². The SMILES string of the molecule is CC(=O)N1CCN(C(=O)c2ccc(CSc3nc(-c4ccccc4)cc(N4CCCC4)n3)o2)CC1. The molecule has 2 aromatic heterocycles. The summed E-state index contributed by atoms with van der Waals surface area (Å²) in [7, 11) is 0. The summed E-state index contributed by atoms with van der Waals surface area (Å²) in [4.78, 5) is 39.8. The zero-order chi connectivity index (χ0) is 24.2. The first-order valence-electron chi connectivity index (χ1n) is 12.0. The van der Waals surface area contributed by atoms with Gasteiger partial charge in [0.25, 0.3) is 5.91 Å². The van der Waals surface area contributed by atoms with E-state index in [9.17, 15) is 9.59 Å². The molecular weight excluding hydrogens is 462 g/mol. The van der Waals surface area contributed by atoms with Crippen molar-refractivity contribution < 1.29 is 14.0 Å². The molecule has 2 saturated heterocycles. The number of thioether (sulfide) groups is 1. The molecule has 2 fully saturated rings. The molecule has 0 radical (unpaired) electrons. The van der Waals surface area contributed by atoms with Gasteiger partial charge in [-0.2, -0.15) is 0 Å². The van der Waals surface area contributed by atoms with Gasteiger partial charge in [-0.05, 0) is 25.0 Å². The van der Waals surface area contributed by atoms with E-state index in [-0.39, 0.29) is 11.8 Å². The van der Waals surface area contributed by atoms with Gasteiger partial charge in [0.1, 0.15) is 11.6 Å². The number of amides is 2. The molecule has 1 aromatic carbocycles. The molecule has 9 heteroatoms. The number of carbonyl (C=O) groups is 2. The standard InChI is InChI=1S/C26H29N5O3S/c1-19(32)29-13-15-31(16-14-29)25(33)23-10-9-21(34-23)18-35-26-27-22(20-7-3-2-4-8-20)17-24(28-26)30-11-5-6-12-30/h2-4,7-10,17H,5-6,11-16,18H2,1H3. The van der Waals surface area contributed by atoms with Crippen molar-refractivity contribution >= 4 is 29.4 Å². The van der Waals surface area contributed by atoms with Crippen LogP contribution >= 0.6 is 11.8 Å². The number of aromatic nitrogens is 2. The van der Waals surface area contributed by atoms with Gasteiger partial charge in [0.2, 0.25) is 5.91 Å². The fraction of sp³-hybridized carbons (Fsp3) is 0.385. The van der Waals surface area contributed by atoms with Gasteiger partial charge in [0, 0.05) is 57.8 Å². The second-order valence-corrected chi connectivity index (χ2v) is 9.75. The van der Waals surface area contributed by atoms with Crippen molar-refractivity contribution in [3.8, 4) is 11.3 Å². The summed E-state index contributed by atoms with van der Waals surface area (Å²) in [6.45, 7) is 5.73. The monoisotopic (exact) mass is 491 g/mol. The van der Waals surface area contributed by atoms with E-state index in [1.54, 1.807) is 22.8 Å². The predicted octanol–water partition coefficient (Wildman–Crippen LogP) is 3.93. The first kappa shape index (κ1) is 23.4. The molecule has 5 rings (SSSR count). The van der Waals surface area contributed by atoms with E-state index < -0.39 is 0 Å². The molecule has 0 bridgehead atoms. The second kappa shape index (κ2) is 10.5. The van der Waals surface area contributed by atoms with Crippen LogP contribution in [0.3, 0.4) is 0 Å². The molecule has 4 heterocycles. The first-order valence-corrected chi connectivity index (χ1v) is 13.0. The molecule has 0 spiro atoms. The number of furan rings is 1. The smallest absolute Gasteiger partial charge is 0.289 e. The van der Waals surface area contributed by atoms with Crippen molar-refractivity contribution in [3.05, 3.63) is 60.1 Å². The van der Waals surface area contributed by atoms with E-state index in [0.29, 0.717) is 48.6 Å². The number of rotatable bonds is 6. The lowest BCUT2D eigenvalue weighted by Gasteiger charge is -2.33. The van der Waals surface area contributed by atoms with Gasteiger partial charge in [0.05, 0.1) is 11.4 Å². The van der Waals surface area contributed by atoms with Crippen LogP contribution in [0.2, 0.25) is 0 Å². The molecule has 0 aliphatic carbocycles. The molecule has 0 unspecified atom stereocenters. The molecule has 2 aliphatic heterocycles. The van der Waals surface area contributed by atoms with E-state index in [0.717, 1.165) is 30.2 Å². The van der Waals surface area contributed by atoms with Gasteiger partial charge in [-0.1, -0.05) is 42.1 Å². The second-order valence-electron chi connectivity index (χ2n) is 8.81. The quantitative estimate of drug-likeness (QED) is 0.382. The Morgan fingerprint density at radius 3 is 2.34 bits per heavy atom. The predicted molar refractivity (Wildman–Crippen MR) is 135 cm³/mol. The Morgan fingerprint density at radius 2 is 1.63 bits per heavy atom. The summed E-state index contributed by atoms with van der Waals surface area (Å²) in [5.74, 6) is 2.43. The Kier molecular flexibility index (Phi) is 7.03. The van der Waals surface area contributed by atoms with Crippen LogP contribution in [0.15, 0.2) is 58.1 Å². The number of carbonyl (C=O) groups excluding carboxylic acids is 2. The highest BCUT2D eigenvalue weighted by atomic mass is 32.2. The molecule has 0 N–H and O–H groups in total. The third kappa shape index (κ3) is 5.51. The maximum atomic E-state index is 12.8. The first-order chi connectivity index (χ1) is 17.1. The number of hydrogen-bond donors (Lipinski definition) is 0. The number of piperazine rings is 1. The van der Waals surface area contributed by atoms with Crippen molar-refractivity contribution in [2.75, 3.05) is 44.2 Å². The lowest BCUT2D eigenvalue weighted by atomic mass is 10.1. The van der Waals surface area contributed by atoms with Crippen molar-refractivity contribution in [1.82, 2.24) is 19.8 Å². The summed E-state index contributed by atoms with van der Waals surface area (Å²) >= 11 is 1.51. The van der Waals surface area contributed by atoms with E-state index in [2.05, 4.69) is 23.1 Å². The maximum Gasteiger partial charge on any atom is 0.289 e. The Hall–Kier alpha value is -3.33. The summed E-state index contributed by atoms with van der Waals surface area (Å²) in [5.41, 5.74) is 1.97. The molecule has 2 aliphatic rings. The van der Waals surface area contributed by atoms with Crippen molar-refractivity contribution in [2.24, 2.45) is 0 Å². The lowest BCUT2D eigenvalue weighted by molar-refractivity contribution is -0.130. The lowest BCUT2D eigenvalue weighted by Crippen LogP contribution is -2.50. The van der Waals surface area contributed by atoms with E-state index in [4.69, 9.17) is 14.4 Å². The fourth-order valence-electron chi connectivity index (χ4n) is 4.43. The number of nitrogens with zero attached hydrogens (tertiary/aromatic N) is 5. The third-order valence-corrected chi connectivity index (χ3v) is 7.29. The van der Waals surface area contributed by atoms with Gasteiger partial charge in [-0.15, -0.1) is 0 Å². The maximum absolute atomic E-state index is 12.8. The topological polar surface area (TPSA) is 82.8 Å². The number of benzene rings is 1. The normalized spacial score (nSPS) is 16.1. The summed E-state index contributed by atoms with van der Waals surface area (Å²) in [6.07, 6.45) is 2.36. The fourth-order valence-corrected chi connectivity index (χ4v) is 5.18. The van der Waals surface area contributed by atoms with Gasteiger partial charge >= 0.3 is 0 Å². The van der Waals surface area contributed by atoms with Gasteiger partial charge in [-0.3, -0.25) is 9.59 Å². The average molecular weight is 492 g/mol. The van der Waals surface area contributed by atoms with Gasteiger partial charge in [0.15, 0.2) is 10.9 Å². The van der Waals surface area contributed by atoms with Crippen LogP contribution in [0, 0.1) is 0 Å². The molecule has 35 heavy (non-hydrogen) atoms. The van der Waals surface area contributed by atoms with Gasteiger partial charge < -0.3 is 19.1 Å².